The molecule has 5 nitrogen and oxygen atoms in total. The first-order chi connectivity index (χ1) is 13.2. The Hall–Kier alpha value is -2.61. The molecule has 1 fully saturated rings. The summed E-state index contributed by atoms with van der Waals surface area (Å²) in [4.78, 5) is 24.4. The third-order valence-corrected chi connectivity index (χ3v) is 4.70. The maximum atomic E-state index is 13.0. The molecule has 0 amide bonds. The maximum Gasteiger partial charge on any atom is 0.416 e. The van der Waals surface area contributed by atoms with Gasteiger partial charge in [0, 0.05) is 29.2 Å². The van der Waals surface area contributed by atoms with E-state index < -0.39 is 36.2 Å². The summed E-state index contributed by atoms with van der Waals surface area (Å²) in [6.45, 7) is 3.39. The lowest BCUT2D eigenvalue weighted by molar-refractivity contribution is -0.153. The van der Waals surface area contributed by atoms with E-state index in [4.69, 9.17) is 9.47 Å². The Bertz CT molecular complexity index is 895. The third-order valence-electron chi connectivity index (χ3n) is 4.70. The second-order valence-electron chi connectivity index (χ2n) is 6.70. The van der Waals surface area contributed by atoms with E-state index in [0.717, 1.165) is 18.6 Å². The first kappa shape index (κ1) is 20.1. The molecular formula is C20H20F3NO4. The average Bonchev–Trinajstić information content (AvgIpc) is 3.27. The quantitative estimate of drug-likeness (QED) is 0.567. The molecule has 1 aliphatic rings. The van der Waals surface area contributed by atoms with Gasteiger partial charge in [-0.3, -0.25) is 4.79 Å². The van der Waals surface area contributed by atoms with Crippen LogP contribution in [-0.2, 0) is 20.4 Å². The van der Waals surface area contributed by atoms with Gasteiger partial charge in [-0.2, -0.15) is 13.2 Å². The number of nitrogens with zero attached hydrogens (tertiary/aromatic N) is 1. The van der Waals surface area contributed by atoms with Crippen molar-refractivity contribution in [3.05, 3.63) is 52.8 Å². The summed E-state index contributed by atoms with van der Waals surface area (Å²) in [7, 11) is 0. The van der Waals surface area contributed by atoms with E-state index in [2.05, 4.69) is 0 Å². The zero-order valence-corrected chi connectivity index (χ0v) is 15.5. The molecule has 0 bridgehead atoms. The van der Waals surface area contributed by atoms with Crippen LogP contribution in [-0.4, -0.2) is 35.6 Å². The fourth-order valence-corrected chi connectivity index (χ4v) is 3.33. The van der Waals surface area contributed by atoms with E-state index in [9.17, 15) is 22.8 Å². The summed E-state index contributed by atoms with van der Waals surface area (Å²) >= 11 is 0. The van der Waals surface area contributed by atoms with Gasteiger partial charge in [-0.15, -0.1) is 0 Å². The van der Waals surface area contributed by atoms with Crippen molar-refractivity contribution in [2.24, 2.45) is 0 Å². The van der Waals surface area contributed by atoms with Gasteiger partial charge < -0.3 is 14.0 Å². The Kier molecular flexibility index (Phi) is 5.60. The van der Waals surface area contributed by atoms with Gasteiger partial charge in [0.1, 0.15) is 0 Å². The molecule has 2 aromatic rings. The van der Waals surface area contributed by atoms with Gasteiger partial charge in [0.05, 0.1) is 5.56 Å². The van der Waals surface area contributed by atoms with Crippen LogP contribution in [0.2, 0.25) is 0 Å². The van der Waals surface area contributed by atoms with Gasteiger partial charge >= 0.3 is 12.1 Å². The number of ketones is 1. The van der Waals surface area contributed by atoms with E-state index in [-0.39, 0.29) is 0 Å². The van der Waals surface area contributed by atoms with Crippen LogP contribution in [0.5, 0.6) is 0 Å². The van der Waals surface area contributed by atoms with Crippen molar-refractivity contribution in [1.29, 1.82) is 0 Å². The van der Waals surface area contributed by atoms with Crippen molar-refractivity contribution in [2.75, 3.05) is 13.2 Å². The van der Waals surface area contributed by atoms with E-state index in [1.54, 1.807) is 30.5 Å². The molecule has 0 saturated carbocycles. The number of aromatic nitrogens is 1. The van der Waals surface area contributed by atoms with Gasteiger partial charge in [0.15, 0.2) is 12.7 Å². The van der Waals surface area contributed by atoms with E-state index in [1.165, 1.54) is 6.07 Å². The van der Waals surface area contributed by atoms with Crippen LogP contribution in [0.4, 0.5) is 13.2 Å². The van der Waals surface area contributed by atoms with Crippen LogP contribution >= 0.6 is 0 Å². The topological polar surface area (TPSA) is 57.5 Å². The van der Waals surface area contributed by atoms with Gasteiger partial charge in [-0.1, -0.05) is 6.07 Å². The van der Waals surface area contributed by atoms with Gasteiger partial charge in [-0.05, 0) is 51.0 Å². The number of esters is 1. The highest BCUT2D eigenvalue weighted by Crippen LogP contribution is 2.31. The van der Waals surface area contributed by atoms with Crippen molar-refractivity contribution < 1.29 is 32.2 Å². The minimum Gasteiger partial charge on any atom is -0.455 e. The fourth-order valence-electron chi connectivity index (χ4n) is 3.33. The molecule has 1 atom stereocenters. The molecule has 0 unspecified atom stereocenters. The molecule has 28 heavy (non-hydrogen) atoms. The number of alkyl halides is 3. The zero-order valence-electron chi connectivity index (χ0n) is 15.5. The molecule has 0 spiro atoms. The zero-order chi connectivity index (χ0) is 20.5. The fraction of sp³-hybridized carbons (Fsp3) is 0.400. The molecule has 0 radical (unpaired) electrons. The normalized spacial score (nSPS) is 17.0. The van der Waals surface area contributed by atoms with Crippen molar-refractivity contribution in [1.82, 2.24) is 4.57 Å². The molecule has 8 heteroatoms. The number of carbonyl (C=O) groups excluding carboxylic acids is 2. The molecule has 150 valence electrons. The summed E-state index contributed by atoms with van der Waals surface area (Å²) in [5.74, 6) is -0.991. The van der Waals surface area contributed by atoms with Crippen molar-refractivity contribution in [3.63, 3.8) is 0 Å². The van der Waals surface area contributed by atoms with Gasteiger partial charge in [0.25, 0.3) is 0 Å². The maximum absolute atomic E-state index is 13.0. The first-order valence-corrected chi connectivity index (χ1v) is 8.86. The van der Waals surface area contributed by atoms with Crippen molar-refractivity contribution in [3.8, 4) is 5.69 Å². The first-order valence-electron chi connectivity index (χ1n) is 8.86. The minimum atomic E-state index is -4.46. The van der Waals surface area contributed by atoms with Crippen LogP contribution in [0.15, 0.2) is 30.3 Å². The lowest BCUT2D eigenvalue weighted by atomic mass is 10.1. The number of halogens is 3. The molecule has 1 aromatic carbocycles. The molecule has 1 saturated heterocycles. The summed E-state index contributed by atoms with van der Waals surface area (Å²) in [5.41, 5.74) is 0.923. The second-order valence-corrected chi connectivity index (χ2v) is 6.70. The highest BCUT2D eigenvalue weighted by molar-refractivity contribution is 5.99. The molecule has 2 heterocycles. The molecule has 1 aliphatic heterocycles. The predicted octanol–water partition coefficient (Wildman–Crippen LogP) is 4.02. The van der Waals surface area contributed by atoms with Crippen molar-refractivity contribution >= 4 is 11.8 Å². The second kappa shape index (κ2) is 7.79. The van der Waals surface area contributed by atoms with Crippen LogP contribution in [0.25, 0.3) is 5.69 Å². The highest BCUT2D eigenvalue weighted by atomic mass is 19.4. The third kappa shape index (κ3) is 4.11. The summed E-state index contributed by atoms with van der Waals surface area (Å²) in [6.07, 6.45) is -3.76. The molecule has 3 rings (SSSR count). The van der Waals surface area contributed by atoms with Gasteiger partial charge in [0.2, 0.25) is 5.78 Å². The Morgan fingerprint density at radius 3 is 2.64 bits per heavy atom. The lowest BCUT2D eigenvalue weighted by Crippen LogP contribution is -2.25. The van der Waals surface area contributed by atoms with Crippen molar-refractivity contribution in [2.45, 2.75) is 39.0 Å². The summed E-state index contributed by atoms with van der Waals surface area (Å²) < 4.78 is 50.8. The van der Waals surface area contributed by atoms with Crippen LogP contribution in [0.3, 0.4) is 0 Å². The number of ether oxygens (including phenoxy) is 2. The van der Waals surface area contributed by atoms with E-state index in [1.807, 2.05) is 0 Å². The average molecular weight is 395 g/mol. The number of carbonyl (C=O) groups is 2. The Morgan fingerprint density at radius 2 is 2.00 bits per heavy atom. The number of hydrogen-bond acceptors (Lipinski definition) is 4. The molecule has 0 N–H and O–H groups in total. The largest absolute Gasteiger partial charge is 0.455 e. The van der Waals surface area contributed by atoms with E-state index >= 15 is 0 Å². The highest BCUT2D eigenvalue weighted by Gasteiger charge is 2.31. The Morgan fingerprint density at radius 1 is 1.25 bits per heavy atom. The Balaban J connectivity index is 1.80. The predicted molar refractivity (Wildman–Crippen MR) is 94.5 cm³/mol. The smallest absolute Gasteiger partial charge is 0.416 e. The van der Waals surface area contributed by atoms with Crippen LogP contribution in [0.1, 0.15) is 40.2 Å². The standard InChI is InChI=1S/C20H20F3NO4/c1-12-9-16(17(25)11-28-19(26)18-7-4-8-27-18)13(2)24(12)15-6-3-5-14(10-15)20(21,22)23/h3,5-6,9-10,18H,4,7-8,11H2,1-2H3/t18-/m1/s1. The molecule has 0 aliphatic carbocycles. The number of aryl methyl sites for hydroxylation is 1. The molecule has 1 aromatic heterocycles. The summed E-state index contributed by atoms with van der Waals surface area (Å²) in [5, 5.41) is 0. The summed E-state index contributed by atoms with van der Waals surface area (Å²) in [6, 6.07) is 6.47. The van der Waals surface area contributed by atoms with Crippen LogP contribution in [0, 0.1) is 13.8 Å². The van der Waals surface area contributed by atoms with Gasteiger partial charge in [-0.25, -0.2) is 4.79 Å². The monoisotopic (exact) mass is 395 g/mol. The molecular weight excluding hydrogens is 375 g/mol. The van der Waals surface area contributed by atoms with E-state index in [0.29, 0.717) is 35.7 Å². The SMILES string of the molecule is Cc1cc(C(=O)COC(=O)[C@H]2CCCO2)c(C)n1-c1cccc(C(F)(F)F)c1. The van der Waals surface area contributed by atoms with Crippen LogP contribution < -0.4 is 0 Å². The minimum absolute atomic E-state index is 0.301. The number of hydrogen-bond donors (Lipinski definition) is 0. The lowest BCUT2D eigenvalue weighted by Gasteiger charge is -2.13. The number of rotatable bonds is 5. The Labute approximate surface area is 160 Å². The number of Topliss-reactive ketones (excluding diaryl/α,β-unsaturated/α-hetero) is 1. The number of benzene rings is 1.